The second kappa shape index (κ2) is 12.7. The molecule has 0 spiro atoms. The van der Waals surface area contributed by atoms with Gasteiger partial charge in [-0.1, -0.05) is 163 Å². The average molecular weight is 623 g/mol. The van der Waals surface area contributed by atoms with Crippen molar-refractivity contribution in [2.24, 2.45) is 0 Å². The molecule has 4 aromatic carbocycles. The molecule has 0 unspecified atom stereocenters. The lowest BCUT2D eigenvalue weighted by Gasteiger charge is -2.48. The smallest absolute Gasteiger partial charge is 0.261 e. The largest absolute Gasteiger partial charge is 0.399 e. The minimum absolute atomic E-state index is 0.239. The molecule has 1 fully saturated rings. The van der Waals surface area contributed by atoms with Crippen LogP contribution >= 0.6 is 0 Å². The average Bonchev–Trinajstić information content (AvgIpc) is 3.32. The zero-order valence-corrected chi connectivity index (χ0v) is 29.1. The number of carbonyl (C=O) groups excluding carboxylic acids is 1. The first-order valence-electron chi connectivity index (χ1n) is 15.6. The Labute approximate surface area is 265 Å². The van der Waals surface area contributed by atoms with E-state index in [1.54, 1.807) is 0 Å². The summed E-state index contributed by atoms with van der Waals surface area (Å²) in [6.07, 6.45) is -1.27. The van der Waals surface area contributed by atoms with E-state index in [0.717, 1.165) is 16.7 Å². The van der Waals surface area contributed by atoms with Crippen molar-refractivity contribution in [3.8, 4) is 0 Å². The number of benzene rings is 4. The van der Waals surface area contributed by atoms with Gasteiger partial charge in [0, 0.05) is 0 Å². The van der Waals surface area contributed by atoms with Gasteiger partial charge in [0.25, 0.3) is 16.6 Å². The van der Waals surface area contributed by atoms with Gasteiger partial charge in [0.2, 0.25) is 0 Å². The lowest BCUT2D eigenvalue weighted by Crippen LogP contribution is -2.71. The highest BCUT2D eigenvalue weighted by atomic mass is 28.4. The standard InChI is InChI=1S/C38H46O4Si2/c1-29-35(41-43(37(2,3)4,30-20-12-8-13-21-30)31-22-14-9-15-23-31)36(34(28-39)40-29)42-44(38(5,6)7,32-24-16-10-17-25-32)33-26-18-11-19-27-33/h8-29,34-36H,1-7H3/t29-,34-,35-,36-/m0/s1. The van der Waals surface area contributed by atoms with Gasteiger partial charge in [-0.3, -0.25) is 0 Å². The van der Waals surface area contributed by atoms with Crippen molar-refractivity contribution in [1.82, 2.24) is 0 Å². The van der Waals surface area contributed by atoms with E-state index >= 15 is 0 Å². The highest BCUT2D eigenvalue weighted by Crippen LogP contribution is 2.43. The van der Waals surface area contributed by atoms with E-state index < -0.39 is 34.9 Å². The van der Waals surface area contributed by atoms with Crippen molar-refractivity contribution >= 4 is 43.7 Å². The number of rotatable bonds is 9. The Balaban J connectivity index is 1.72. The fourth-order valence-corrected chi connectivity index (χ4v) is 16.5. The molecule has 0 radical (unpaired) electrons. The van der Waals surface area contributed by atoms with Crippen LogP contribution in [0.1, 0.15) is 48.5 Å². The van der Waals surface area contributed by atoms with Gasteiger partial charge >= 0.3 is 0 Å². The fraction of sp³-hybridized carbons (Fsp3) is 0.342. The van der Waals surface area contributed by atoms with Crippen LogP contribution < -0.4 is 20.7 Å². The van der Waals surface area contributed by atoms with Gasteiger partial charge in [-0.2, -0.15) is 0 Å². The minimum atomic E-state index is -3.03. The lowest BCUT2D eigenvalue weighted by atomic mass is 10.1. The molecule has 0 amide bonds. The molecule has 4 nitrogen and oxygen atoms in total. The molecule has 1 aliphatic heterocycles. The van der Waals surface area contributed by atoms with Crippen LogP contribution in [0.25, 0.3) is 0 Å². The lowest BCUT2D eigenvalue weighted by molar-refractivity contribution is -0.120. The Hall–Kier alpha value is -3.14. The molecular formula is C38H46O4Si2. The van der Waals surface area contributed by atoms with Crippen molar-refractivity contribution in [2.45, 2.75) is 83.0 Å². The molecule has 4 aromatic rings. The van der Waals surface area contributed by atoms with E-state index in [1.807, 2.05) is 19.1 Å². The maximum atomic E-state index is 12.8. The maximum Gasteiger partial charge on any atom is 0.261 e. The monoisotopic (exact) mass is 622 g/mol. The summed E-state index contributed by atoms with van der Waals surface area (Å²) in [7, 11) is -6.01. The van der Waals surface area contributed by atoms with E-state index in [2.05, 4.69) is 151 Å². The molecule has 0 N–H and O–H groups in total. The van der Waals surface area contributed by atoms with Crippen LogP contribution in [0, 0.1) is 0 Å². The predicted molar refractivity (Wildman–Crippen MR) is 185 cm³/mol. The van der Waals surface area contributed by atoms with E-state index in [1.165, 1.54) is 10.4 Å². The molecule has 1 saturated heterocycles. The van der Waals surface area contributed by atoms with E-state index in [9.17, 15) is 4.79 Å². The van der Waals surface area contributed by atoms with Crippen LogP contribution in [-0.4, -0.2) is 47.3 Å². The third kappa shape index (κ3) is 5.70. The van der Waals surface area contributed by atoms with Crippen LogP contribution in [0.5, 0.6) is 0 Å². The van der Waals surface area contributed by atoms with Crippen molar-refractivity contribution in [2.75, 3.05) is 0 Å². The molecule has 44 heavy (non-hydrogen) atoms. The van der Waals surface area contributed by atoms with Gasteiger partial charge in [-0.25, -0.2) is 0 Å². The third-order valence-electron chi connectivity index (χ3n) is 9.08. The Kier molecular flexibility index (Phi) is 9.31. The Morgan fingerprint density at radius 3 is 1.11 bits per heavy atom. The van der Waals surface area contributed by atoms with Gasteiger partial charge in [-0.15, -0.1) is 0 Å². The zero-order valence-electron chi connectivity index (χ0n) is 27.1. The third-order valence-corrected chi connectivity index (χ3v) is 19.1. The van der Waals surface area contributed by atoms with Crippen molar-refractivity contribution < 1.29 is 18.4 Å². The second-order valence-corrected chi connectivity index (χ2v) is 22.4. The first kappa shape index (κ1) is 32.3. The molecule has 0 bridgehead atoms. The molecule has 0 aliphatic carbocycles. The molecule has 1 heterocycles. The Morgan fingerprint density at radius 2 is 0.841 bits per heavy atom. The molecule has 5 rings (SSSR count). The molecule has 0 saturated carbocycles. The van der Waals surface area contributed by atoms with Crippen LogP contribution in [0.4, 0.5) is 0 Å². The molecule has 0 aromatic heterocycles. The van der Waals surface area contributed by atoms with E-state index in [0.29, 0.717) is 0 Å². The van der Waals surface area contributed by atoms with Gasteiger partial charge in [-0.05, 0) is 37.7 Å². The summed E-state index contributed by atoms with van der Waals surface area (Å²) in [5.41, 5.74) is 0. The summed E-state index contributed by atoms with van der Waals surface area (Å²) in [5, 5.41) is 4.18. The summed E-state index contributed by atoms with van der Waals surface area (Å²) in [6.45, 7) is 15.6. The quantitative estimate of drug-likeness (QED) is 0.173. The van der Waals surface area contributed by atoms with Gasteiger partial charge in [0.15, 0.2) is 6.29 Å². The van der Waals surface area contributed by atoms with Gasteiger partial charge in [0.05, 0.1) is 12.2 Å². The minimum Gasteiger partial charge on any atom is -0.399 e. The van der Waals surface area contributed by atoms with Crippen LogP contribution in [0.15, 0.2) is 121 Å². The van der Waals surface area contributed by atoms with Crippen molar-refractivity contribution in [1.29, 1.82) is 0 Å². The van der Waals surface area contributed by atoms with Crippen molar-refractivity contribution in [3.05, 3.63) is 121 Å². The van der Waals surface area contributed by atoms with E-state index in [-0.39, 0.29) is 16.2 Å². The van der Waals surface area contributed by atoms with Crippen LogP contribution in [0.2, 0.25) is 10.1 Å². The Morgan fingerprint density at radius 1 is 0.545 bits per heavy atom. The summed E-state index contributed by atoms with van der Waals surface area (Å²) in [4.78, 5) is 12.8. The van der Waals surface area contributed by atoms with Gasteiger partial charge < -0.3 is 18.4 Å². The normalized spacial score (nSPS) is 21.2. The van der Waals surface area contributed by atoms with Crippen LogP contribution in [0.3, 0.4) is 0 Å². The van der Waals surface area contributed by atoms with Gasteiger partial charge in [0.1, 0.15) is 12.2 Å². The first-order valence-corrected chi connectivity index (χ1v) is 19.5. The summed E-state index contributed by atoms with van der Waals surface area (Å²) in [6, 6.07) is 42.4. The highest BCUT2D eigenvalue weighted by molar-refractivity contribution is 7.00. The zero-order chi connectivity index (χ0) is 31.6. The molecule has 230 valence electrons. The number of hydrogen-bond acceptors (Lipinski definition) is 4. The number of hydrogen-bond donors (Lipinski definition) is 0. The summed E-state index contributed by atoms with van der Waals surface area (Å²) >= 11 is 0. The second-order valence-electron chi connectivity index (χ2n) is 13.9. The Bertz CT molecular complexity index is 1420. The number of ether oxygens (including phenoxy) is 1. The number of aldehydes is 1. The fourth-order valence-electron chi connectivity index (χ4n) is 7.05. The number of carbonyl (C=O) groups is 1. The van der Waals surface area contributed by atoms with Crippen LogP contribution in [-0.2, 0) is 18.4 Å². The first-order chi connectivity index (χ1) is 21.0. The van der Waals surface area contributed by atoms with E-state index in [4.69, 9.17) is 13.6 Å². The molecule has 4 atom stereocenters. The summed E-state index contributed by atoms with van der Waals surface area (Å²) in [5.74, 6) is 0. The maximum absolute atomic E-state index is 12.8. The predicted octanol–water partition coefficient (Wildman–Crippen LogP) is 5.86. The topological polar surface area (TPSA) is 44.8 Å². The molecule has 1 aliphatic rings. The SMILES string of the molecule is C[C@@H]1O[C@@H](C=O)[C@H](O[Si](c2ccccc2)(c2ccccc2)C(C)(C)C)[C@H]1O[Si](c1ccccc1)(c1ccccc1)C(C)(C)C. The molecule has 6 heteroatoms. The molecular weight excluding hydrogens is 577 g/mol. The summed E-state index contributed by atoms with van der Waals surface area (Å²) < 4.78 is 21.7. The highest BCUT2D eigenvalue weighted by Gasteiger charge is 2.59. The van der Waals surface area contributed by atoms with Crippen molar-refractivity contribution in [3.63, 3.8) is 0 Å².